The summed E-state index contributed by atoms with van der Waals surface area (Å²) in [6.07, 6.45) is -2.16. The first-order valence-electron chi connectivity index (χ1n) is 9.46. The summed E-state index contributed by atoms with van der Waals surface area (Å²) in [5.74, 6) is -1.67. The molecule has 3 aliphatic rings. The number of rotatable bonds is 4. The van der Waals surface area contributed by atoms with Crippen molar-refractivity contribution in [1.82, 2.24) is 4.90 Å². The highest BCUT2D eigenvalue weighted by atomic mass is 16.8. The van der Waals surface area contributed by atoms with Crippen LogP contribution in [0.1, 0.15) is 41.5 Å². The lowest BCUT2D eigenvalue weighted by Crippen LogP contribution is -2.68. The number of ether oxygens (including phenoxy) is 5. The van der Waals surface area contributed by atoms with Crippen molar-refractivity contribution in [1.29, 1.82) is 0 Å². The second-order valence-electron chi connectivity index (χ2n) is 8.03. The second-order valence-corrected chi connectivity index (χ2v) is 8.03. The molecule has 0 radical (unpaired) electrons. The fourth-order valence-electron chi connectivity index (χ4n) is 3.99. The van der Waals surface area contributed by atoms with Crippen LogP contribution in [0.15, 0.2) is 0 Å². The molecule has 8 heteroatoms. The van der Waals surface area contributed by atoms with E-state index in [2.05, 4.69) is 0 Å². The molecule has 6 atom stereocenters. The first-order valence-corrected chi connectivity index (χ1v) is 9.46. The SMILES string of the molecule is CCN(CC)C(=O)[C@@H](N)[C@@H]1O[C@@H]2COC(C)(C)O[C@H]2[C@@H]2OC(C)(C)O[C@@H]21. The van der Waals surface area contributed by atoms with Crippen molar-refractivity contribution in [2.45, 2.75) is 89.7 Å². The van der Waals surface area contributed by atoms with E-state index in [0.29, 0.717) is 19.7 Å². The molecule has 0 spiro atoms. The maximum Gasteiger partial charge on any atom is 0.242 e. The van der Waals surface area contributed by atoms with Gasteiger partial charge in [-0.2, -0.15) is 0 Å². The third-order valence-corrected chi connectivity index (χ3v) is 5.24. The van der Waals surface area contributed by atoms with Crippen LogP contribution < -0.4 is 5.73 Å². The summed E-state index contributed by atoms with van der Waals surface area (Å²) >= 11 is 0. The standard InChI is InChI=1S/C18H32N2O6/c1-7-20(8-2)16(21)11(19)13-15-14(25-18(5,6)26-15)12-10(23-13)9-22-17(3,4)24-12/h10-15H,7-9,19H2,1-6H3/t10-,11+,12-,13+,14+,15-/m1/s1. The molecule has 0 saturated carbocycles. The second kappa shape index (κ2) is 7.00. The van der Waals surface area contributed by atoms with E-state index in [1.807, 2.05) is 41.5 Å². The molecule has 3 heterocycles. The van der Waals surface area contributed by atoms with Crippen LogP contribution in [0.25, 0.3) is 0 Å². The average molecular weight is 372 g/mol. The Morgan fingerprint density at radius 3 is 2.23 bits per heavy atom. The molecule has 1 amide bonds. The zero-order chi connectivity index (χ0) is 19.3. The zero-order valence-corrected chi connectivity index (χ0v) is 16.6. The largest absolute Gasteiger partial charge is 0.365 e. The van der Waals surface area contributed by atoms with Crippen LogP contribution in [-0.2, 0) is 28.5 Å². The molecule has 3 rings (SSSR count). The molecule has 0 unspecified atom stereocenters. The van der Waals surface area contributed by atoms with E-state index in [-0.39, 0.29) is 24.2 Å². The van der Waals surface area contributed by atoms with Gasteiger partial charge < -0.3 is 34.3 Å². The van der Waals surface area contributed by atoms with Gasteiger partial charge in [0, 0.05) is 13.1 Å². The van der Waals surface area contributed by atoms with Gasteiger partial charge in [-0.1, -0.05) is 0 Å². The number of likely N-dealkylation sites (N-methyl/N-ethyl adjacent to an activating group) is 1. The summed E-state index contributed by atoms with van der Waals surface area (Å²) in [5.41, 5.74) is 6.33. The Morgan fingerprint density at radius 2 is 1.62 bits per heavy atom. The third-order valence-electron chi connectivity index (χ3n) is 5.24. The minimum Gasteiger partial charge on any atom is -0.365 e. The molecular weight excluding hydrogens is 340 g/mol. The highest BCUT2D eigenvalue weighted by Crippen LogP contribution is 2.42. The molecule has 0 aliphatic carbocycles. The Balaban J connectivity index is 1.85. The molecule has 26 heavy (non-hydrogen) atoms. The average Bonchev–Trinajstić information content (AvgIpc) is 2.89. The number of amides is 1. The molecule has 3 fully saturated rings. The fourth-order valence-corrected chi connectivity index (χ4v) is 3.99. The molecule has 150 valence electrons. The minimum absolute atomic E-state index is 0.150. The lowest BCUT2D eigenvalue weighted by molar-refractivity contribution is -0.348. The van der Waals surface area contributed by atoms with Crippen LogP contribution in [0, 0.1) is 0 Å². The molecule has 3 aliphatic heterocycles. The molecule has 0 bridgehead atoms. The number of fused-ring (bicyclic) bond motifs is 3. The molecular formula is C18H32N2O6. The highest BCUT2D eigenvalue weighted by molar-refractivity contribution is 5.82. The predicted molar refractivity (Wildman–Crippen MR) is 93.3 cm³/mol. The monoisotopic (exact) mass is 372 g/mol. The van der Waals surface area contributed by atoms with Crippen molar-refractivity contribution in [3.05, 3.63) is 0 Å². The number of hydrogen-bond donors (Lipinski definition) is 1. The Kier molecular flexibility index (Phi) is 5.38. The third kappa shape index (κ3) is 3.63. The van der Waals surface area contributed by atoms with Gasteiger partial charge in [0.2, 0.25) is 5.91 Å². The lowest BCUT2D eigenvalue weighted by atomic mass is 9.90. The van der Waals surface area contributed by atoms with E-state index < -0.39 is 29.8 Å². The van der Waals surface area contributed by atoms with Gasteiger partial charge in [-0.15, -0.1) is 0 Å². The van der Waals surface area contributed by atoms with Crippen LogP contribution in [0.2, 0.25) is 0 Å². The number of hydrogen-bond acceptors (Lipinski definition) is 7. The van der Waals surface area contributed by atoms with E-state index >= 15 is 0 Å². The quantitative estimate of drug-likeness (QED) is 0.773. The van der Waals surface area contributed by atoms with Gasteiger partial charge in [0.25, 0.3) is 0 Å². The lowest BCUT2D eigenvalue weighted by Gasteiger charge is -2.49. The van der Waals surface area contributed by atoms with Crippen LogP contribution >= 0.6 is 0 Å². The fraction of sp³-hybridized carbons (Fsp3) is 0.944. The summed E-state index contributed by atoms with van der Waals surface area (Å²) < 4.78 is 30.2. The zero-order valence-electron chi connectivity index (χ0n) is 16.6. The molecule has 3 saturated heterocycles. The number of carbonyl (C=O) groups excluding carboxylic acids is 1. The van der Waals surface area contributed by atoms with Crippen LogP contribution in [0.5, 0.6) is 0 Å². The Bertz CT molecular complexity index is 536. The van der Waals surface area contributed by atoms with Crippen LogP contribution in [-0.4, -0.2) is 78.6 Å². The first kappa shape index (κ1) is 20.0. The van der Waals surface area contributed by atoms with Gasteiger partial charge in [0.1, 0.15) is 36.6 Å². The van der Waals surface area contributed by atoms with Crippen molar-refractivity contribution in [3.63, 3.8) is 0 Å². The number of nitrogens with two attached hydrogens (primary N) is 1. The van der Waals surface area contributed by atoms with Crippen molar-refractivity contribution >= 4 is 5.91 Å². The molecule has 0 aromatic carbocycles. The van der Waals surface area contributed by atoms with Gasteiger partial charge in [0.05, 0.1) is 6.61 Å². The van der Waals surface area contributed by atoms with Gasteiger partial charge in [-0.05, 0) is 41.5 Å². The summed E-state index contributed by atoms with van der Waals surface area (Å²) in [7, 11) is 0. The van der Waals surface area contributed by atoms with Gasteiger partial charge in [0.15, 0.2) is 11.6 Å². The van der Waals surface area contributed by atoms with Crippen molar-refractivity contribution < 1.29 is 28.5 Å². The van der Waals surface area contributed by atoms with Gasteiger partial charge >= 0.3 is 0 Å². The van der Waals surface area contributed by atoms with E-state index in [1.54, 1.807) is 4.90 Å². The predicted octanol–water partition coefficient (Wildman–Crippen LogP) is 0.621. The number of carbonyl (C=O) groups is 1. The van der Waals surface area contributed by atoms with Gasteiger partial charge in [-0.25, -0.2) is 0 Å². The maximum atomic E-state index is 12.8. The summed E-state index contributed by atoms with van der Waals surface area (Å²) in [5, 5.41) is 0. The first-order chi connectivity index (χ1) is 12.1. The Hall–Kier alpha value is -0.770. The Morgan fingerprint density at radius 1 is 1.04 bits per heavy atom. The van der Waals surface area contributed by atoms with Crippen molar-refractivity contribution in [2.75, 3.05) is 19.7 Å². The topological polar surface area (TPSA) is 92.5 Å². The summed E-state index contributed by atoms with van der Waals surface area (Å²) in [6, 6.07) is -0.837. The maximum absolute atomic E-state index is 12.8. The molecule has 0 aromatic heterocycles. The van der Waals surface area contributed by atoms with E-state index in [9.17, 15) is 4.79 Å². The molecule has 8 nitrogen and oxygen atoms in total. The van der Waals surface area contributed by atoms with E-state index in [0.717, 1.165) is 0 Å². The summed E-state index contributed by atoms with van der Waals surface area (Å²) in [6.45, 7) is 12.8. The number of nitrogens with zero attached hydrogens (tertiary/aromatic N) is 1. The Labute approximate surface area is 155 Å². The summed E-state index contributed by atoms with van der Waals surface area (Å²) in [4.78, 5) is 14.5. The normalized spacial score (nSPS) is 39.0. The van der Waals surface area contributed by atoms with Crippen molar-refractivity contribution in [2.24, 2.45) is 5.73 Å². The minimum atomic E-state index is -0.837. The smallest absolute Gasteiger partial charge is 0.242 e. The van der Waals surface area contributed by atoms with Gasteiger partial charge in [-0.3, -0.25) is 4.79 Å². The molecule has 2 N–H and O–H groups in total. The van der Waals surface area contributed by atoms with E-state index in [4.69, 9.17) is 29.4 Å². The highest BCUT2D eigenvalue weighted by Gasteiger charge is 2.60. The van der Waals surface area contributed by atoms with Crippen LogP contribution in [0.3, 0.4) is 0 Å². The molecule has 0 aromatic rings. The van der Waals surface area contributed by atoms with Crippen molar-refractivity contribution in [3.8, 4) is 0 Å². The van der Waals surface area contributed by atoms with Crippen LogP contribution in [0.4, 0.5) is 0 Å². The van der Waals surface area contributed by atoms with E-state index in [1.165, 1.54) is 0 Å².